The van der Waals surface area contributed by atoms with Gasteiger partial charge in [0.05, 0.1) is 18.3 Å². The van der Waals surface area contributed by atoms with Gasteiger partial charge in [-0.1, -0.05) is 54.6 Å². The van der Waals surface area contributed by atoms with Gasteiger partial charge in [-0.15, -0.1) is 0 Å². The lowest BCUT2D eigenvalue weighted by Gasteiger charge is -2.37. The van der Waals surface area contributed by atoms with E-state index in [9.17, 15) is 4.79 Å². The summed E-state index contributed by atoms with van der Waals surface area (Å²) in [5.41, 5.74) is 2.27. The molecule has 0 aromatic heterocycles. The van der Waals surface area contributed by atoms with Crippen molar-refractivity contribution in [3.8, 4) is 0 Å². The van der Waals surface area contributed by atoms with Gasteiger partial charge in [-0.25, -0.2) is 5.01 Å². The molecule has 2 aromatic carbocycles. The summed E-state index contributed by atoms with van der Waals surface area (Å²) >= 11 is 0. The Labute approximate surface area is 131 Å². The third kappa shape index (κ3) is 3.10. The van der Waals surface area contributed by atoms with Crippen LogP contribution in [0.4, 0.5) is 5.69 Å². The Morgan fingerprint density at radius 1 is 0.955 bits per heavy atom. The first-order chi connectivity index (χ1) is 10.8. The van der Waals surface area contributed by atoms with Crippen LogP contribution in [0.1, 0.15) is 24.9 Å². The Morgan fingerprint density at radius 3 is 2.27 bits per heavy atom. The molecule has 1 aliphatic heterocycles. The summed E-state index contributed by atoms with van der Waals surface area (Å²) in [6, 6.07) is 20.6. The molecule has 1 aliphatic rings. The van der Waals surface area contributed by atoms with Crippen LogP contribution in [0.3, 0.4) is 0 Å². The Bertz CT molecular complexity index is 652. The molecule has 3 heteroatoms. The smallest absolute Gasteiger partial charge is 0.152 e. The van der Waals surface area contributed by atoms with E-state index in [1.54, 1.807) is 0 Å². The predicted octanol–water partition coefficient (Wildman–Crippen LogP) is 3.96. The minimum atomic E-state index is 0.119. The number of Topliss-reactive ketones (excluding diaryl/α,β-unsaturated/α-hetero) is 1. The number of hydrogen-bond acceptors (Lipinski definition) is 3. The van der Waals surface area contributed by atoms with Crippen LogP contribution in [-0.2, 0) is 4.79 Å². The van der Waals surface area contributed by atoms with E-state index in [1.165, 1.54) is 5.56 Å². The summed E-state index contributed by atoms with van der Waals surface area (Å²) in [5.74, 6) is 0.234. The van der Waals surface area contributed by atoms with Crippen LogP contribution in [-0.4, -0.2) is 17.3 Å². The van der Waals surface area contributed by atoms with Crippen molar-refractivity contribution in [1.29, 1.82) is 0 Å². The highest BCUT2D eigenvalue weighted by molar-refractivity contribution is 5.82. The van der Waals surface area contributed by atoms with E-state index in [4.69, 9.17) is 0 Å². The first-order valence-corrected chi connectivity index (χ1v) is 7.60. The van der Waals surface area contributed by atoms with Gasteiger partial charge in [0.2, 0.25) is 0 Å². The van der Waals surface area contributed by atoms with Crippen molar-refractivity contribution in [3.63, 3.8) is 0 Å². The third-order valence-electron chi connectivity index (χ3n) is 3.96. The molecular formula is C19H20N2O. The molecule has 22 heavy (non-hydrogen) atoms. The molecule has 3 rings (SSSR count). The summed E-state index contributed by atoms with van der Waals surface area (Å²) in [4.78, 5) is 12.1. The van der Waals surface area contributed by atoms with Crippen molar-refractivity contribution >= 4 is 11.5 Å². The molecule has 0 amide bonds. The molecule has 1 heterocycles. The first kappa shape index (κ1) is 14.5. The Balaban J connectivity index is 1.96. The van der Waals surface area contributed by atoms with Gasteiger partial charge in [0, 0.05) is 12.6 Å². The topological polar surface area (TPSA) is 23.6 Å². The number of carbonyl (C=O) groups is 1. The number of para-hydroxylation sites is 1. The quantitative estimate of drug-likeness (QED) is 0.855. The lowest BCUT2D eigenvalue weighted by atomic mass is 10.1. The fourth-order valence-electron chi connectivity index (χ4n) is 2.73. The van der Waals surface area contributed by atoms with E-state index < -0.39 is 0 Å². The van der Waals surface area contributed by atoms with Crippen LogP contribution in [0.2, 0.25) is 0 Å². The molecule has 3 nitrogen and oxygen atoms in total. The van der Waals surface area contributed by atoms with Crippen molar-refractivity contribution in [1.82, 2.24) is 5.01 Å². The second-order valence-corrected chi connectivity index (χ2v) is 5.49. The number of hydrogen-bond donors (Lipinski definition) is 0. The van der Waals surface area contributed by atoms with E-state index in [1.807, 2.05) is 48.7 Å². The number of rotatable bonds is 3. The van der Waals surface area contributed by atoms with Crippen LogP contribution >= 0.6 is 0 Å². The van der Waals surface area contributed by atoms with Gasteiger partial charge in [0.25, 0.3) is 0 Å². The number of nitrogens with zero attached hydrogens (tertiary/aromatic N) is 2. The summed E-state index contributed by atoms with van der Waals surface area (Å²) in [6.45, 7) is 2.55. The molecule has 0 radical (unpaired) electrons. The second-order valence-electron chi connectivity index (χ2n) is 5.49. The normalized spacial score (nSPS) is 17.3. The maximum atomic E-state index is 12.1. The third-order valence-corrected chi connectivity index (χ3v) is 3.96. The summed E-state index contributed by atoms with van der Waals surface area (Å²) < 4.78 is 0. The standard InChI is InChI=1S/C19H20N2O/c1-16(17-9-4-2-5-10-17)21-15-19(22)13-8-14-20(21)18-11-6-3-7-12-18/h2-12,14,16H,13,15H2,1H3/t16-/m1/s1. The fraction of sp³-hybridized carbons (Fsp3) is 0.211. The average Bonchev–Trinajstić information content (AvgIpc) is 2.77. The lowest BCUT2D eigenvalue weighted by molar-refractivity contribution is -0.119. The molecule has 0 aliphatic carbocycles. The highest BCUT2D eigenvalue weighted by Crippen LogP contribution is 2.27. The molecule has 1 atom stereocenters. The van der Waals surface area contributed by atoms with E-state index in [-0.39, 0.29) is 11.8 Å². The fourth-order valence-corrected chi connectivity index (χ4v) is 2.73. The van der Waals surface area contributed by atoms with Gasteiger partial charge in [0.1, 0.15) is 0 Å². The molecule has 0 spiro atoms. The Hall–Kier alpha value is -2.39. The molecule has 0 fully saturated rings. The number of benzene rings is 2. The SMILES string of the molecule is C[C@H](c1ccccc1)N1CC(=O)CC=CN1c1ccccc1. The molecule has 0 N–H and O–H groups in total. The van der Waals surface area contributed by atoms with Crippen molar-refractivity contribution in [2.45, 2.75) is 19.4 Å². The highest BCUT2D eigenvalue weighted by Gasteiger charge is 2.25. The van der Waals surface area contributed by atoms with Crippen LogP contribution in [0, 0.1) is 0 Å². The second kappa shape index (κ2) is 6.58. The molecule has 0 unspecified atom stereocenters. The zero-order chi connectivity index (χ0) is 15.4. The summed E-state index contributed by atoms with van der Waals surface area (Å²) in [7, 11) is 0. The molecular weight excluding hydrogens is 272 g/mol. The zero-order valence-corrected chi connectivity index (χ0v) is 12.7. The maximum absolute atomic E-state index is 12.1. The maximum Gasteiger partial charge on any atom is 0.152 e. The molecule has 2 aromatic rings. The number of carbonyl (C=O) groups excluding carboxylic acids is 1. The lowest BCUT2D eigenvalue weighted by Crippen LogP contribution is -2.43. The average molecular weight is 292 g/mol. The van der Waals surface area contributed by atoms with Crippen LogP contribution in [0.25, 0.3) is 0 Å². The first-order valence-electron chi connectivity index (χ1n) is 7.60. The zero-order valence-electron chi connectivity index (χ0n) is 12.7. The number of allylic oxidation sites excluding steroid dienone is 1. The number of anilines is 1. The van der Waals surface area contributed by atoms with Crippen LogP contribution in [0.5, 0.6) is 0 Å². The molecule has 0 saturated heterocycles. The van der Waals surface area contributed by atoms with Crippen molar-refractivity contribution in [3.05, 3.63) is 78.5 Å². The summed E-state index contributed by atoms with van der Waals surface area (Å²) in [6.07, 6.45) is 4.42. The predicted molar refractivity (Wildman–Crippen MR) is 89.2 cm³/mol. The molecule has 0 saturated carbocycles. The molecule has 112 valence electrons. The van der Waals surface area contributed by atoms with Crippen LogP contribution < -0.4 is 5.01 Å². The minimum absolute atomic E-state index is 0.119. The number of hydrazine groups is 1. The van der Waals surface area contributed by atoms with E-state index >= 15 is 0 Å². The van der Waals surface area contributed by atoms with Crippen molar-refractivity contribution in [2.24, 2.45) is 0 Å². The monoisotopic (exact) mass is 292 g/mol. The minimum Gasteiger partial charge on any atom is -0.298 e. The van der Waals surface area contributed by atoms with E-state index in [0.717, 1.165) is 5.69 Å². The highest BCUT2D eigenvalue weighted by atomic mass is 16.1. The number of ketones is 1. The van der Waals surface area contributed by atoms with Gasteiger partial charge in [-0.05, 0) is 24.6 Å². The molecule has 0 bridgehead atoms. The Kier molecular flexibility index (Phi) is 4.35. The van der Waals surface area contributed by atoms with Gasteiger partial charge in [-0.3, -0.25) is 9.80 Å². The van der Waals surface area contributed by atoms with Gasteiger partial charge in [0.15, 0.2) is 5.78 Å². The van der Waals surface area contributed by atoms with E-state index in [2.05, 4.69) is 41.2 Å². The van der Waals surface area contributed by atoms with Gasteiger partial charge >= 0.3 is 0 Å². The largest absolute Gasteiger partial charge is 0.298 e. The van der Waals surface area contributed by atoms with Gasteiger partial charge in [-0.2, -0.15) is 0 Å². The van der Waals surface area contributed by atoms with E-state index in [0.29, 0.717) is 13.0 Å². The van der Waals surface area contributed by atoms with Crippen LogP contribution in [0.15, 0.2) is 72.9 Å². The Morgan fingerprint density at radius 2 is 1.59 bits per heavy atom. The van der Waals surface area contributed by atoms with Crippen molar-refractivity contribution in [2.75, 3.05) is 11.6 Å². The van der Waals surface area contributed by atoms with Crippen molar-refractivity contribution < 1.29 is 4.79 Å². The summed E-state index contributed by atoms with van der Waals surface area (Å²) in [5, 5.41) is 4.21. The van der Waals surface area contributed by atoms with Gasteiger partial charge < -0.3 is 0 Å².